The summed E-state index contributed by atoms with van der Waals surface area (Å²) in [4.78, 5) is 6.55. The van der Waals surface area contributed by atoms with Crippen molar-refractivity contribution in [2.24, 2.45) is 0 Å². The summed E-state index contributed by atoms with van der Waals surface area (Å²) in [5.74, 6) is 1.56. The summed E-state index contributed by atoms with van der Waals surface area (Å²) >= 11 is 3.22. The van der Waals surface area contributed by atoms with Gasteiger partial charge in [-0.1, -0.05) is 0 Å². The Bertz CT molecular complexity index is 578. The van der Waals surface area contributed by atoms with Gasteiger partial charge in [0, 0.05) is 41.8 Å². The van der Waals surface area contributed by atoms with Gasteiger partial charge in [0.25, 0.3) is 0 Å². The molecule has 1 N–H and O–H groups in total. The zero-order valence-corrected chi connectivity index (χ0v) is 15.4. The third-order valence-corrected chi connectivity index (χ3v) is 6.73. The van der Waals surface area contributed by atoms with Crippen LogP contribution >= 0.6 is 23.1 Å². The second-order valence-corrected chi connectivity index (χ2v) is 10.5. The standard InChI is InChI=1S/C13H23N3O2S3/c1-13(2,3)14-7-10-8-20-12(15-10)16-5-6-19-9-11(16)21(4,17)18/h8,11,14H,5-7,9H2,1-4H3. The molecule has 0 bridgehead atoms. The van der Waals surface area contributed by atoms with Crippen LogP contribution in [-0.2, 0) is 16.4 Å². The minimum absolute atomic E-state index is 0.0425. The van der Waals surface area contributed by atoms with Gasteiger partial charge < -0.3 is 10.2 Å². The molecule has 2 heterocycles. The summed E-state index contributed by atoms with van der Waals surface area (Å²) in [5.41, 5.74) is 1.01. The first-order valence-corrected chi connectivity index (χ1v) is 10.9. The molecular formula is C13H23N3O2S3. The maximum atomic E-state index is 11.9. The summed E-state index contributed by atoms with van der Waals surface area (Å²) in [6.45, 7) is 7.78. The second kappa shape index (κ2) is 6.44. The Morgan fingerprint density at radius 1 is 1.48 bits per heavy atom. The van der Waals surface area contributed by atoms with Gasteiger partial charge in [0.1, 0.15) is 5.37 Å². The average Bonchev–Trinajstić information content (AvgIpc) is 2.83. The number of hydrogen-bond acceptors (Lipinski definition) is 7. The number of nitrogens with one attached hydrogen (secondary N) is 1. The van der Waals surface area contributed by atoms with Crippen molar-refractivity contribution in [1.29, 1.82) is 0 Å². The van der Waals surface area contributed by atoms with Gasteiger partial charge in [-0.05, 0) is 20.8 Å². The fourth-order valence-electron chi connectivity index (χ4n) is 2.02. The third kappa shape index (κ3) is 4.84. The van der Waals surface area contributed by atoms with Gasteiger partial charge >= 0.3 is 0 Å². The van der Waals surface area contributed by atoms with E-state index < -0.39 is 15.2 Å². The lowest BCUT2D eigenvalue weighted by molar-refractivity contribution is 0.422. The van der Waals surface area contributed by atoms with Gasteiger partial charge in [0.2, 0.25) is 0 Å². The Morgan fingerprint density at radius 2 is 2.19 bits per heavy atom. The van der Waals surface area contributed by atoms with E-state index in [0.717, 1.165) is 23.1 Å². The zero-order chi connectivity index (χ0) is 15.7. The largest absolute Gasteiger partial charge is 0.330 e. The van der Waals surface area contributed by atoms with E-state index in [0.29, 0.717) is 12.3 Å². The number of aromatic nitrogens is 1. The number of anilines is 1. The molecule has 1 unspecified atom stereocenters. The van der Waals surface area contributed by atoms with Gasteiger partial charge in [0.05, 0.1) is 5.69 Å². The van der Waals surface area contributed by atoms with Crippen LogP contribution in [0.1, 0.15) is 26.5 Å². The Labute approximate surface area is 135 Å². The Hall–Kier alpha value is -0.310. The van der Waals surface area contributed by atoms with Crippen LogP contribution in [0.2, 0.25) is 0 Å². The molecule has 1 saturated heterocycles. The smallest absolute Gasteiger partial charge is 0.186 e. The van der Waals surface area contributed by atoms with Crippen LogP contribution in [-0.4, -0.2) is 48.6 Å². The first-order valence-electron chi connectivity index (χ1n) is 6.89. The van der Waals surface area contributed by atoms with Crippen LogP contribution in [0.15, 0.2) is 5.38 Å². The number of hydrogen-bond donors (Lipinski definition) is 1. The quantitative estimate of drug-likeness (QED) is 0.896. The molecular weight excluding hydrogens is 326 g/mol. The van der Waals surface area contributed by atoms with Crippen molar-refractivity contribution in [1.82, 2.24) is 10.3 Å². The van der Waals surface area contributed by atoms with Crippen molar-refractivity contribution in [2.75, 3.05) is 29.2 Å². The van der Waals surface area contributed by atoms with Crippen LogP contribution in [0.4, 0.5) is 5.13 Å². The van der Waals surface area contributed by atoms with Crippen LogP contribution in [0.3, 0.4) is 0 Å². The topological polar surface area (TPSA) is 62.3 Å². The summed E-state index contributed by atoms with van der Waals surface area (Å²) in [6.07, 6.45) is 1.31. The summed E-state index contributed by atoms with van der Waals surface area (Å²) in [7, 11) is -3.09. The highest BCUT2D eigenvalue weighted by Crippen LogP contribution is 2.29. The van der Waals surface area contributed by atoms with Gasteiger partial charge in [-0.25, -0.2) is 13.4 Å². The molecule has 0 radical (unpaired) electrons. The number of rotatable bonds is 4. The number of thiazole rings is 1. The van der Waals surface area contributed by atoms with Crippen molar-refractivity contribution >= 4 is 38.1 Å². The maximum absolute atomic E-state index is 11.9. The Kier molecular flexibility index (Phi) is 5.23. The van der Waals surface area contributed by atoms with Crippen LogP contribution in [0, 0.1) is 0 Å². The van der Waals surface area contributed by atoms with Gasteiger partial charge in [-0.2, -0.15) is 11.8 Å². The van der Waals surface area contributed by atoms with Gasteiger partial charge in [-0.3, -0.25) is 0 Å². The predicted molar refractivity (Wildman–Crippen MR) is 92.0 cm³/mol. The Balaban J connectivity index is 2.12. The lowest BCUT2D eigenvalue weighted by atomic mass is 10.1. The highest BCUT2D eigenvalue weighted by atomic mass is 32.2. The fourth-order valence-corrected chi connectivity index (χ4v) is 5.81. The maximum Gasteiger partial charge on any atom is 0.186 e. The molecule has 1 aromatic rings. The lowest BCUT2D eigenvalue weighted by Crippen LogP contribution is -2.47. The molecule has 1 atom stereocenters. The molecule has 0 amide bonds. The van der Waals surface area contributed by atoms with E-state index in [1.165, 1.54) is 17.6 Å². The predicted octanol–water partition coefficient (Wildman–Crippen LogP) is 1.96. The van der Waals surface area contributed by atoms with E-state index in [1.807, 2.05) is 10.3 Å². The summed E-state index contributed by atoms with van der Waals surface area (Å²) in [5, 5.41) is 5.77. The van der Waals surface area contributed by atoms with E-state index in [2.05, 4.69) is 31.1 Å². The summed E-state index contributed by atoms with van der Waals surface area (Å²) < 4.78 is 23.9. The zero-order valence-electron chi connectivity index (χ0n) is 12.9. The summed E-state index contributed by atoms with van der Waals surface area (Å²) in [6, 6.07) is 0. The normalized spacial score (nSPS) is 20.8. The molecule has 5 nitrogen and oxygen atoms in total. The van der Waals surface area contributed by atoms with Crippen LogP contribution < -0.4 is 10.2 Å². The number of thioether (sulfide) groups is 1. The SMILES string of the molecule is CC(C)(C)NCc1csc(N2CCSCC2S(C)(=O)=O)n1. The van der Waals surface area contributed by atoms with Crippen molar-refractivity contribution in [3.63, 3.8) is 0 Å². The van der Waals surface area contributed by atoms with Crippen molar-refractivity contribution in [3.05, 3.63) is 11.1 Å². The Morgan fingerprint density at radius 3 is 2.81 bits per heavy atom. The van der Waals surface area contributed by atoms with E-state index in [4.69, 9.17) is 0 Å². The van der Waals surface area contributed by atoms with Crippen LogP contribution in [0.5, 0.6) is 0 Å². The third-order valence-electron chi connectivity index (χ3n) is 3.16. The molecule has 0 aromatic carbocycles. The monoisotopic (exact) mass is 349 g/mol. The van der Waals surface area contributed by atoms with Crippen molar-refractivity contribution < 1.29 is 8.42 Å². The van der Waals surface area contributed by atoms with E-state index in [-0.39, 0.29) is 5.54 Å². The highest BCUT2D eigenvalue weighted by molar-refractivity contribution is 8.01. The number of sulfone groups is 1. The molecule has 1 aliphatic rings. The minimum Gasteiger partial charge on any atom is -0.330 e. The molecule has 0 aliphatic carbocycles. The van der Waals surface area contributed by atoms with Crippen molar-refractivity contribution in [2.45, 2.75) is 38.2 Å². The highest BCUT2D eigenvalue weighted by Gasteiger charge is 2.32. The molecule has 120 valence electrons. The molecule has 21 heavy (non-hydrogen) atoms. The van der Waals surface area contributed by atoms with E-state index in [1.54, 1.807) is 11.8 Å². The fraction of sp³-hybridized carbons (Fsp3) is 0.769. The molecule has 0 saturated carbocycles. The van der Waals surface area contributed by atoms with E-state index >= 15 is 0 Å². The average molecular weight is 350 g/mol. The van der Waals surface area contributed by atoms with Crippen LogP contribution in [0.25, 0.3) is 0 Å². The van der Waals surface area contributed by atoms with E-state index in [9.17, 15) is 8.42 Å². The second-order valence-electron chi connectivity index (χ2n) is 6.28. The van der Waals surface area contributed by atoms with Crippen molar-refractivity contribution in [3.8, 4) is 0 Å². The molecule has 1 aromatic heterocycles. The molecule has 1 aliphatic heterocycles. The molecule has 0 spiro atoms. The minimum atomic E-state index is -3.09. The molecule has 8 heteroatoms. The van der Waals surface area contributed by atoms with Gasteiger partial charge in [-0.15, -0.1) is 11.3 Å². The first kappa shape index (κ1) is 17.1. The lowest BCUT2D eigenvalue weighted by Gasteiger charge is -2.33. The number of nitrogens with zero attached hydrogens (tertiary/aromatic N) is 2. The van der Waals surface area contributed by atoms with Gasteiger partial charge in [0.15, 0.2) is 15.0 Å². The molecule has 1 fully saturated rings. The first-order chi connectivity index (χ1) is 9.67. The molecule has 2 rings (SSSR count).